The van der Waals surface area contributed by atoms with Crippen LogP contribution in [0.15, 0.2) is 30.3 Å². The maximum absolute atomic E-state index is 5.93. The molecule has 0 bridgehead atoms. The van der Waals surface area contributed by atoms with Crippen LogP contribution in [0.2, 0.25) is 0 Å². The number of likely N-dealkylation sites (tertiary alicyclic amines) is 1. The van der Waals surface area contributed by atoms with E-state index in [0.29, 0.717) is 12.1 Å². The Morgan fingerprint density at radius 1 is 1.36 bits per heavy atom. The van der Waals surface area contributed by atoms with Crippen molar-refractivity contribution in [3.63, 3.8) is 0 Å². The van der Waals surface area contributed by atoms with Crippen LogP contribution in [0.5, 0.6) is 0 Å². The van der Waals surface area contributed by atoms with Crippen molar-refractivity contribution in [2.45, 2.75) is 24.9 Å². The smallest absolute Gasteiger partial charge is 0.0182 e. The Hall–Kier alpha value is -0.860. The predicted octanol–water partition coefficient (Wildman–Crippen LogP) is 1.26. The molecule has 0 saturated carbocycles. The van der Waals surface area contributed by atoms with Gasteiger partial charge in [-0.15, -0.1) is 0 Å². The molecular formula is C12H18N2. The van der Waals surface area contributed by atoms with Crippen LogP contribution < -0.4 is 5.73 Å². The fraction of sp³-hybridized carbons (Fsp3) is 0.500. The largest absolute Gasteiger partial charge is 0.326 e. The Bertz CT molecular complexity index is 284. The molecule has 1 heterocycles. The van der Waals surface area contributed by atoms with Gasteiger partial charge >= 0.3 is 0 Å². The first kappa shape index (κ1) is 9.69. The van der Waals surface area contributed by atoms with Crippen molar-refractivity contribution in [3.8, 4) is 0 Å². The van der Waals surface area contributed by atoms with Crippen LogP contribution in [0.25, 0.3) is 0 Å². The average molecular weight is 190 g/mol. The molecule has 0 aromatic heterocycles. The van der Waals surface area contributed by atoms with Crippen molar-refractivity contribution in [2.24, 2.45) is 5.73 Å². The van der Waals surface area contributed by atoms with Crippen LogP contribution in [0.1, 0.15) is 12.0 Å². The zero-order valence-corrected chi connectivity index (χ0v) is 8.69. The van der Waals surface area contributed by atoms with Crippen LogP contribution in [0.4, 0.5) is 0 Å². The first-order chi connectivity index (χ1) is 6.75. The van der Waals surface area contributed by atoms with Gasteiger partial charge in [0.1, 0.15) is 0 Å². The van der Waals surface area contributed by atoms with Gasteiger partial charge in [0.2, 0.25) is 0 Å². The molecule has 1 aromatic carbocycles. The summed E-state index contributed by atoms with van der Waals surface area (Å²) < 4.78 is 0. The zero-order chi connectivity index (χ0) is 9.97. The Morgan fingerprint density at radius 2 is 2.07 bits per heavy atom. The second-order valence-electron chi connectivity index (χ2n) is 4.28. The summed E-state index contributed by atoms with van der Waals surface area (Å²) in [6.45, 7) is 1.04. The molecular weight excluding hydrogens is 172 g/mol. The SMILES string of the molecule is CN1CC(N)CC1Cc1ccccc1. The minimum Gasteiger partial charge on any atom is -0.326 e. The van der Waals surface area contributed by atoms with E-state index >= 15 is 0 Å². The van der Waals surface area contributed by atoms with Crippen LogP contribution >= 0.6 is 0 Å². The van der Waals surface area contributed by atoms with Crippen molar-refractivity contribution in [2.75, 3.05) is 13.6 Å². The van der Waals surface area contributed by atoms with E-state index in [-0.39, 0.29) is 0 Å². The topological polar surface area (TPSA) is 29.3 Å². The molecule has 0 amide bonds. The highest BCUT2D eigenvalue weighted by Gasteiger charge is 2.26. The van der Waals surface area contributed by atoms with Crippen molar-refractivity contribution in [1.82, 2.24) is 4.90 Å². The fourth-order valence-corrected chi connectivity index (χ4v) is 2.25. The predicted molar refractivity (Wildman–Crippen MR) is 59.2 cm³/mol. The number of hydrogen-bond donors (Lipinski definition) is 1. The van der Waals surface area contributed by atoms with Crippen molar-refractivity contribution in [1.29, 1.82) is 0 Å². The van der Waals surface area contributed by atoms with Gasteiger partial charge in [0.05, 0.1) is 0 Å². The number of benzene rings is 1. The quantitative estimate of drug-likeness (QED) is 0.760. The second-order valence-corrected chi connectivity index (χ2v) is 4.28. The van der Waals surface area contributed by atoms with Crippen LogP contribution in [0, 0.1) is 0 Å². The highest BCUT2D eigenvalue weighted by atomic mass is 15.2. The number of nitrogens with two attached hydrogens (primary N) is 1. The molecule has 1 aliphatic rings. The molecule has 2 unspecified atom stereocenters. The summed E-state index contributed by atoms with van der Waals surface area (Å²) in [5.74, 6) is 0. The van der Waals surface area contributed by atoms with Gasteiger partial charge in [-0.3, -0.25) is 0 Å². The molecule has 2 rings (SSSR count). The molecule has 2 nitrogen and oxygen atoms in total. The summed E-state index contributed by atoms with van der Waals surface area (Å²) in [6, 6.07) is 11.7. The lowest BCUT2D eigenvalue weighted by Crippen LogP contribution is -2.27. The minimum absolute atomic E-state index is 0.369. The first-order valence-corrected chi connectivity index (χ1v) is 5.25. The lowest BCUT2D eigenvalue weighted by atomic mass is 10.0. The maximum Gasteiger partial charge on any atom is 0.0182 e. The zero-order valence-electron chi connectivity index (χ0n) is 8.69. The van der Waals surface area contributed by atoms with Gasteiger partial charge in [-0.2, -0.15) is 0 Å². The normalized spacial score (nSPS) is 28.1. The van der Waals surface area contributed by atoms with E-state index in [9.17, 15) is 0 Å². The Kier molecular flexibility index (Phi) is 2.85. The molecule has 76 valence electrons. The summed E-state index contributed by atoms with van der Waals surface area (Å²) in [4.78, 5) is 2.37. The molecule has 2 N–H and O–H groups in total. The Balaban J connectivity index is 1.98. The number of nitrogens with zero attached hydrogens (tertiary/aromatic N) is 1. The van der Waals surface area contributed by atoms with Crippen molar-refractivity contribution >= 4 is 0 Å². The summed E-state index contributed by atoms with van der Waals surface area (Å²) >= 11 is 0. The van der Waals surface area contributed by atoms with Crippen LogP contribution in [0.3, 0.4) is 0 Å². The van der Waals surface area contributed by atoms with E-state index in [1.54, 1.807) is 0 Å². The minimum atomic E-state index is 0.369. The van der Waals surface area contributed by atoms with E-state index < -0.39 is 0 Å². The molecule has 0 spiro atoms. The summed E-state index contributed by atoms with van der Waals surface area (Å²) in [5, 5.41) is 0. The lowest BCUT2D eigenvalue weighted by Gasteiger charge is -2.18. The van der Waals surface area contributed by atoms with Crippen molar-refractivity contribution < 1.29 is 0 Å². The third-order valence-corrected chi connectivity index (χ3v) is 3.03. The molecule has 1 fully saturated rings. The molecule has 0 aliphatic carbocycles. The van der Waals surface area contributed by atoms with Gasteiger partial charge in [0.15, 0.2) is 0 Å². The highest BCUT2D eigenvalue weighted by Crippen LogP contribution is 2.18. The van der Waals surface area contributed by atoms with Gasteiger partial charge in [0.25, 0.3) is 0 Å². The third kappa shape index (κ3) is 2.14. The number of rotatable bonds is 2. The highest BCUT2D eigenvalue weighted by molar-refractivity contribution is 5.16. The standard InChI is InChI=1S/C12H18N2/c1-14-9-11(13)8-12(14)7-10-5-3-2-4-6-10/h2-6,11-12H,7-9,13H2,1H3. The Labute approximate surface area is 85.7 Å². The van der Waals surface area contributed by atoms with E-state index in [4.69, 9.17) is 5.73 Å². The number of likely N-dealkylation sites (N-methyl/N-ethyl adjacent to an activating group) is 1. The van der Waals surface area contributed by atoms with Crippen molar-refractivity contribution in [3.05, 3.63) is 35.9 Å². The number of hydrogen-bond acceptors (Lipinski definition) is 2. The van der Waals surface area contributed by atoms with Crippen LogP contribution in [-0.2, 0) is 6.42 Å². The first-order valence-electron chi connectivity index (χ1n) is 5.25. The third-order valence-electron chi connectivity index (χ3n) is 3.03. The summed E-state index contributed by atoms with van der Waals surface area (Å²) in [5.41, 5.74) is 7.34. The second kappa shape index (κ2) is 4.11. The van der Waals surface area contributed by atoms with Gasteiger partial charge in [-0.05, 0) is 25.5 Å². The molecule has 0 radical (unpaired) electrons. The molecule has 1 aromatic rings. The van der Waals surface area contributed by atoms with Crippen LogP contribution in [-0.4, -0.2) is 30.6 Å². The molecule has 2 atom stereocenters. The maximum atomic E-state index is 5.93. The van der Waals surface area contributed by atoms with Gasteiger partial charge < -0.3 is 10.6 Å². The molecule has 2 heteroatoms. The lowest BCUT2D eigenvalue weighted by molar-refractivity contribution is 0.308. The monoisotopic (exact) mass is 190 g/mol. The van der Waals surface area contributed by atoms with Gasteiger partial charge in [-0.25, -0.2) is 0 Å². The van der Waals surface area contributed by atoms with Gasteiger partial charge in [0, 0.05) is 18.6 Å². The fourth-order valence-electron chi connectivity index (χ4n) is 2.25. The molecule has 14 heavy (non-hydrogen) atoms. The molecule has 1 saturated heterocycles. The van der Waals surface area contributed by atoms with E-state index in [1.165, 1.54) is 5.56 Å². The van der Waals surface area contributed by atoms with E-state index in [2.05, 4.69) is 42.3 Å². The van der Waals surface area contributed by atoms with E-state index in [0.717, 1.165) is 19.4 Å². The van der Waals surface area contributed by atoms with E-state index in [1.807, 2.05) is 0 Å². The van der Waals surface area contributed by atoms with Gasteiger partial charge in [-0.1, -0.05) is 30.3 Å². The summed E-state index contributed by atoms with van der Waals surface area (Å²) in [7, 11) is 2.17. The average Bonchev–Trinajstić information content (AvgIpc) is 2.47. The summed E-state index contributed by atoms with van der Waals surface area (Å²) in [6.07, 6.45) is 2.26. The molecule has 1 aliphatic heterocycles. The Morgan fingerprint density at radius 3 is 2.64 bits per heavy atom.